The zero-order chi connectivity index (χ0) is 12.5. The topological polar surface area (TPSA) is 23.8 Å². The fourth-order valence-electron chi connectivity index (χ4n) is 2.45. The molecule has 1 rings (SSSR count). The van der Waals surface area contributed by atoms with Gasteiger partial charge in [0.25, 0.3) is 0 Å². The van der Waals surface area contributed by atoms with E-state index in [0.717, 1.165) is 11.1 Å². The number of nitrogens with zero attached hydrogens (tertiary/aromatic N) is 1. The molecule has 0 bridgehead atoms. The van der Waals surface area contributed by atoms with E-state index in [4.69, 9.17) is 0 Å². The van der Waals surface area contributed by atoms with Gasteiger partial charge in [-0.05, 0) is 47.9 Å². The van der Waals surface area contributed by atoms with Gasteiger partial charge in [0.05, 0.1) is 11.6 Å². The second-order valence-electron chi connectivity index (χ2n) is 5.12. The molecule has 16 heavy (non-hydrogen) atoms. The summed E-state index contributed by atoms with van der Waals surface area (Å²) in [6.45, 7) is 12.8. The molecular formula is C15H21N. The molecule has 0 unspecified atom stereocenters. The molecule has 0 spiro atoms. The first-order valence-electron chi connectivity index (χ1n) is 5.94. The summed E-state index contributed by atoms with van der Waals surface area (Å²) in [6, 6.07) is 4.63. The van der Waals surface area contributed by atoms with Gasteiger partial charge < -0.3 is 0 Å². The van der Waals surface area contributed by atoms with E-state index in [1.54, 1.807) is 0 Å². The van der Waals surface area contributed by atoms with Crippen LogP contribution < -0.4 is 0 Å². The fourth-order valence-corrected chi connectivity index (χ4v) is 2.45. The van der Waals surface area contributed by atoms with Gasteiger partial charge in [-0.15, -0.1) is 0 Å². The van der Waals surface area contributed by atoms with Crippen LogP contribution in [0.2, 0.25) is 0 Å². The number of hydrogen-bond donors (Lipinski definition) is 0. The highest BCUT2D eigenvalue weighted by Crippen LogP contribution is 2.31. The lowest BCUT2D eigenvalue weighted by Crippen LogP contribution is -2.04. The van der Waals surface area contributed by atoms with Gasteiger partial charge in [-0.25, -0.2) is 0 Å². The quantitative estimate of drug-likeness (QED) is 0.716. The van der Waals surface area contributed by atoms with Crippen LogP contribution in [-0.4, -0.2) is 0 Å². The molecule has 0 saturated heterocycles. The molecule has 1 aromatic carbocycles. The minimum Gasteiger partial charge on any atom is -0.192 e. The summed E-state index contributed by atoms with van der Waals surface area (Å²) in [5.74, 6) is 0.890. The van der Waals surface area contributed by atoms with Crippen molar-refractivity contribution in [3.63, 3.8) is 0 Å². The Morgan fingerprint density at radius 2 is 1.62 bits per heavy atom. The van der Waals surface area contributed by atoms with Gasteiger partial charge in [0.15, 0.2) is 0 Å². The zero-order valence-electron chi connectivity index (χ0n) is 11.2. The second-order valence-corrected chi connectivity index (χ2v) is 5.12. The molecule has 0 fully saturated rings. The lowest BCUT2D eigenvalue weighted by molar-refractivity contribution is 0.822. The fraction of sp³-hybridized carbons (Fsp3) is 0.533. The van der Waals surface area contributed by atoms with Crippen LogP contribution in [0.1, 0.15) is 67.3 Å². The van der Waals surface area contributed by atoms with E-state index in [0.29, 0.717) is 11.8 Å². The lowest BCUT2D eigenvalue weighted by Gasteiger charge is -2.19. The van der Waals surface area contributed by atoms with E-state index in [2.05, 4.69) is 53.7 Å². The second kappa shape index (κ2) is 4.70. The maximum Gasteiger partial charge on any atom is 0.0997 e. The summed E-state index contributed by atoms with van der Waals surface area (Å²) in [7, 11) is 0. The minimum absolute atomic E-state index is 0.412. The third kappa shape index (κ3) is 2.11. The third-order valence-electron chi connectivity index (χ3n) is 3.19. The Morgan fingerprint density at radius 1 is 1.06 bits per heavy atom. The largest absolute Gasteiger partial charge is 0.192 e. The Hall–Kier alpha value is -1.29. The predicted molar refractivity (Wildman–Crippen MR) is 68.8 cm³/mol. The van der Waals surface area contributed by atoms with Crippen LogP contribution in [0.4, 0.5) is 0 Å². The van der Waals surface area contributed by atoms with E-state index >= 15 is 0 Å². The molecule has 0 aliphatic carbocycles. The molecule has 0 aromatic heterocycles. The Labute approximate surface area is 99.1 Å². The molecule has 0 amide bonds. The van der Waals surface area contributed by atoms with Gasteiger partial charge in [0.2, 0.25) is 0 Å². The first-order chi connectivity index (χ1) is 7.40. The van der Waals surface area contributed by atoms with Crippen molar-refractivity contribution in [2.75, 3.05) is 0 Å². The van der Waals surface area contributed by atoms with Crippen LogP contribution in [0.25, 0.3) is 0 Å². The first-order valence-corrected chi connectivity index (χ1v) is 5.94. The first kappa shape index (κ1) is 12.8. The summed E-state index contributed by atoms with van der Waals surface area (Å²) in [5, 5.41) is 9.33. The number of rotatable bonds is 2. The Balaban J connectivity index is 3.59. The summed E-state index contributed by atoms with van der Waals surface area (Å²) in [4.78, 5) is 0. The van der Waals surface area contributed by atoms with Gasteiger partial charge in [-0.3, -0.25) is 0 Å². The lowest BCUT2D eigenvalue weighted by atomic mass is 9.84. The molecule has 1 heteroatoms. The van der Waals surface area contributed by atoms with Crippen molar-refractivity contribution in [1.82, 2.24) is 0 Å². The van der Waals surface area contributed by atoms with Crippen LogP contribution in [0.3, 0.4) is 0 Å². The Bertz CT molecular complexity index is 434. The molecule has 0 N–H and O–H groups in total. The zero-order valence-corrected chi connectivity index (χ0v) is 11.2. The van der Waals surface area contributed by atoms with Gasteiger partial charge in [-0.2, -0.15) is 5.26 Å². The van der Waals surface area contributed by atoms with E-state index in [1.807, 2.05) is 0 Å². The summed E-state index contributed by atoms with van der Waals surface area (Å²) < 4.78 is 0. The number of benzene rings is 1. The van der Waals surface area contributed by atoms with Gasteiger partial charge in [-0.1, -0.05) is 33.8 Å². The number of hydrogen-bond acceptors (Lipinski definition) is 1. The monoisotopic (exact) mass is 215 g/mol. The minimum atomic E-state index is 0.412. The molecule has 1 aromatic rings. The van der Waals surface area contributed by atoms with E-state index in [9.17, 15) is 5.26 Å². The standard InChI is InChI=1S/C15H21N/c1-9(2)13-7-11(5)15(10(3)4)14(8-16)12(13)6/h7,9-10H,1-6H3. The summed E-state index contributed by atoms with van der Waals surface area (Å²) >= 11 is 0. The smallest absolute Gasteiger partial charge is 0.0997 e. The SMILES string of the molecule is Cc1cc(C(C)C)c(C)c(C#N)c1C(C)C. The summed E-state index contributed by atoms with van der Waals surface area (Å²) in [6.07, 6.45) is 0. The summed E-state index contributed by atoms with van der Waals surface area (Å²) in [5.41, 5.74) is 5.81. The van der Waals surface area contributed by atoms with E-state index < -0.39 is 0 Å². The third-order valence-corrected chi connectivity index (χ3v) is 3.19. The molecule has 0 aliphatic rings. The molecule has 0 heterocycles. The highest BCUT2D eigenvalue weighted by molar-refractivity contribution is 5.53. The average molecular weight is 215 g/mol. The van der Waals surface area contributed by atoms with Gasteiger partial charge in [0.1, 0.15) is 0 Å². The van der Waals surface area contributed by atoms with Crippen LogP contribution >= 0.6 is 0 Å². The van der Waals surface area contributed by atoms with Crippen LogP contribution in [0.5, 0.6) is 0 Å². The maximum atomic E-state index is 9.33. The average Bonchev–Trinajstić information content (AvgIpc) is 2.19. The molecular weight excluding hydrogens is 194 g/mol. The van der Waals surface area contributed by atoms with E-state index in [-0.39, 0.29) is 0 Å². The van der Waals surface area contributed by atoms with Gasteiger partial charge >= 0.3 is 0 Å². The van der Waals surface area contributed by atoms with Crippen molar-refractivity contribution in [2.45, 2.75) is 53.4 Å². The Kier molecular flexibility index (Phi) is 3.75. The predicted octanol–water partition coefficient (Wildman–Crippen LogP) is 4.42. The maximum absolute atomic E-state index is 9.33. The molecule has 0 aliphatic heterocycles. The molecule has 0 saturated carbocycles. The van der Waals surface area contributed by atoms with Crippen molar-refractivity contribution in [1.29, 1.82) is 5.26 Å². The van der Waals surface area contributed by atoms with Gasteiger partial charge in [0, 0.05) is 0 Å². The van der Waals surface area contributed by atoms with Crippen molar-refractivity contribution < 1.29 is 0 Å². The Morgan fingerprint density at radius 3 is 2.00 bits per heavy atom. The molecule has 86 valence electrons. The number of nitriles is 1. The molecule has 1 nitrogen and oxygen atoms in total. The van der Waals surface area contributed by atoms with Crippen molar-refractivity contribution >= 4 is 0 Å². The normalized spacial score (nSPS) is 10.9. The molecule has 0 radical (unpaired) electrons. The van der Waals surface area contributed by atoms with Crippen LogP contribution in [0, 0.1) is 25.2 Å². The van der Waals surface area contributed by atoms with Crippen LogP contribution in [-0.2, 0) is 0 Å². The highest BCUT2D eigenvalue weighted by atomic mass is 14.3. The molecule has 0 atom stereocenters. The van der Waals surface area contributed by atoms with Crippen molar-refractivity contribution in [3.8, 4) is 6.07 Å². The van der Waals surface area contributed by atoms with Crippen molar-refractivity contribution in [3.05, 3.63) is 33.9 Å². The van der Waals surface area contributed by atoms with Crippen LogP contribution in [0.15, 0.2) is 6.07 Å². The number of aryl methyl sites for hydroxylation is 1. The van der Waals surface area contributed by atoms with E-state index in [1.165, 1.54) is 16.7 Å². The highest BCUT2D eigenvalue weighted by Gasteiger charge is 2.16. The van der Waals surface area contributed by atoms with Crippen molar-refractivity contribution in [2.24, 2.45) is 0 Å².